The van der Waals surface area contributed by atoms with Crippen molar-refractivity contribution in [3.8, 4) is 33.6 Å². The number of imidazole rings is 2. The number of carbonyl (C=O) groups excluding carboxylic acids is 4. The normalized spacial score (nSPS) is 20.3. The Kier molecular flexibility index (Phi) is 11.6. The minimum Gasteiger partial charge on any atom is -0.453 e. The molecule has 4 aromatic carbocycles. The molecular weight excluding hydrogens is 809 g/mol. The molecule has 2 saturated heterocycles. The monoisotopic (exact) mass is 864 g/mol. The molecule has 6 atom stereocenters. The molecule has 4 heterocycles. The molecular formula is C50H56N8O6. The van der Waals surface area contributed by atoms with Crippen LogP contribution >= 0.6 is 0 Å². The molecule has 1 saturated carbocycles. The summed E-state index contributed by atoms with van der Waals surface area (Å²) < 4.78 is 9.62. The maximum Gasteiger partial charge on any atom is 0.407 e. The number of benzene rings is 4. The number of fused-ring (bicyclic) bond motifs is 4. The maximum atomic E-state index is 14.0. The summed E-state index contributed by atoms with van der Waals surface area (Å²) in [7, 11) is 2.61. The lowest BCUT2D eigenvalue weighted by molar-refractivity contribution is -0.139. The number of methoxy groups -OCH3 is 2. The average molecular weight is 865 g/mol. The van der Waals surface area contributed by atoms with Gasteiger partial charge in [0.2, 0.25) is 11.8 Å². The van der Waals surface area contributed by atoms with Crippen molar-refractivity contribution < 1.29 is 28.7 Å². The van der Waals surface area contributed by atoms with Crippen molar-refractivity contribution >= 4 is 45.5 Å². The Hall–Kier alpha value is -6.70. The summed E-state index contributed by atoms with van der Waals surface area (Å²) in [5, 5.41) is 9.93. The van der Waals surface area contributed by atoms with Gasteiger partial charge in [0.05, 0.1) is 50.1 Å². The van der Waals surface area contributed by atoms with Gasteiger partial charge in [0.1, 0.15) is 23.7 Å². The van der Waals surface area contributed by atoms with E-state index < -0.39 is 24.3 Å². The summed E-state index contributed by atoms with van der Waals surface area (Å²) in [5.74, 6) is 1.39. The summed E-state index contributed by atoms with van der Waals surface area (Å²) in [6.07, 6.45) is 7.03. The fraction of sp³-hybridized carbons (Fsp3) is 0.400. The molecule has 6 aromatic rings. The van der Waals surface area contributed by atoms with E-state index in [0.29, 0.717) is 12.5 Å². The standard InChI is InChI=1S/C50H56N8O6/c1-27(2)42(55-49(61)63-5)47(59)57-19-7-8-41(57)45-51-25-39(53-45)35-15-13-31-20-29(9-11-33(31)22-35)30-10-12-34-23-36(16-14-32(34)21-30)40-26-52-46(54-40)44-37-17-18-38(24-37)58(44)48(60)43(28(3)4)56-50(62)64-6/h9-16,20-23,25-28,37-38,41-44H,7-8,17-19,24H2,1-6H3,(H,51,53)(H,52,54)(H,55,61)(H,56,62)/t37-,38-,41+,42+,43+,44+/m1/s1. The predicted octanol–water partition coefficient (Wildman–Crippen LogP) is 8.92. The highest BCUT2D eigenvalue weighted by atomic mass is 16.5. The van der Waals surface area contributed by atoms with Crippen LogP contribution in [0.5, 0.6) is 0 Å². The van der Waals surface area contributed by atoms with E-state index in [2.05, 4.69) is 93.4 Å². The molecule has 14 heteroatoms. The molecule has 0 spiro atoms. The van der Waals surface area contributed by atoms with Gasteiger partial charge in [-0.3, -0.25) is 9.59 Å². The lowest BCUT2D eigenvalue weighted by Crippen LogP contribution is -2.54. The fourth-order valence-corrected chi connectivity index (χ4v) is 10.2. The summed E-state index contributed by atoms with van der Waals surface area (Å²) in [5.41, 5.74) is 6.02. The van der Waals surface area contributed by atoms with Gasteiger partial charge >= 0.3 is 12.2 Å². The van der Waals surface area contributed by atoms with Crippen molar-refractivity contribution in [3.63, 3.8) is 0 Å². The van der Waals surface area contributed by atoms with E-state index in [4.69, 9.17) is 19.4 Å². The minimum atomic E-state index is -0.688. The first-order chi connectivity index (χ1) is 30.9. The number of aromatic nitrogens is 4. The Morgan fingerprint density at radius 1 is 0.641 bits per heavy atom. The molecule has 3 fully saturated rings. The lowest BCUT2D eigenvalue weighted by Gasteiger charge is -2.37. The highest BCUT2D eigenvalue weighted by Gasteiger charge is 2.51. The van der Waals surface area contributed by atoms with E-state index >= 15 is 0 Å². The van der Waals surface area contributed by atoms with E-state index in [9.17, 15) is 19.2 Å². The second kappa shape index (κ2) is 17.5. The molecule has 14 nitrogen and oxygen atoms in total. The van der Waals surface area contributed by atoms with Crippen molar-refractivity contribution in [1.29, 1.82) is 0 Å². The van der Waals surface area contributed by atoms with E-state index in [1.165, 1.54) is 14.2 Å². The van der Waals surface area contributed by atoms with Crippen LogP contribution in [-0.2, 0) is 19.1 Å². The number of carbonyl (C=O) groups is 4. The summed E-state index contributed by atoms with van der Waals surface area (Å²) in [6, 6.07) is 24.2. The van der Waals surface area contributed by atoms with Crippen molar-refractivity contribution in [3.05, 3.63) is 96.8 Å². The minimum absolute atomic E-state index is 0.0894. The van der Waals surface area contributed by atoms with Crippen LogP contribution in [-0.4, -0.2) is 92.6 Å². The molecule has 0 unspecified atom stereocenters. The first-order valence-electron chi connectivity index (χ1n) is 22.4. The number of nitrogens with zero attached hydrogens (tertiary/aromatic N) is 4. The third kappa shape index (κ3) is 8.05. The maximum absolute atomic E-state index is 14.0. The molecule has 64 heavy (non-hydrogen) atoms. The van der Waals surface area contributed by atoms with Gasteiger partial charge in [0.25, 0.3) is 0 Å². The van der Waals surface area contributed by atoms with E-state index in [0.717, 1.165) is 98.9 Å². The number of piperidine rings is 1. The smallest absolute Gasteiger partial charge is 0.407 e. The van der Waals surface area contributed by atoms with Gasteiger partial charge in [0, 0.05) is 23.7 Å². The van der Waals surface area contributed by atoms with E-state index in [-0.39, 0.29) is 41.8 Å². The highest BCUT2D eigenvalue weighted by Crippen LogP contribution is 2.50. The number of rotatable bonds is 11. The van der Waals surface area contributed by atoms with Gasteiger partial charge < -0.3 is 39.9 Å². The van der Waals surface area contributed by atoms with Crippen molar-refractivity contribution in [2.45, 2.75) is 90.0 Å². The Labute approximate surface area is 372 Å². The van der Waals surface area contributed by atoms with Crippen molar-refractivity contribution in [2.24, 2.45) is 17.8 Å². The fourth-order valence-electron chi connectivity index (χ4n) is 10.2. The number of likely N-dealkylation sites (tertiary alicyclic amines) is 2. The van der Waals surface area contributed by atoms with Gasteiger partial charge in [-0.05, 0) is 107 Å². The molecule has 4 N–H and O–H groups in total. The number of hydrogen-bond acceptors (Lipinski definition) is 8. The second-order valence-corrected chi connectivity index (χ2v) is 18.2. The summed E-state index contributed by atoms with van der Waals surface area (Å²) in [4.78, 5) is 72.2. The zero-order valence-corrected chi connectivity index (χ0v) is 37.2. The van der Waals surface area contributed by atoms with Gasteiger partial charge in [-0.25, -0.2) is 19.6 Å². The molecule has 0 radical (unpaired) electrons. The van der Waals surface area contributed by atoms with E-state index in [1.807, 2.05) is 49.9 Å². The number of aromatic amines is 2. The summed E-state index contributed by atoms with van der Waals surface area (Å²) in [6.45, 7) is 8.28. The van der Waals surface area contributed by atoms with Crippen LogP contribution in [0.4, 0.5) is 9.59 Å². The topological polar surface area (TPSA) is 175 Å². The molecule has 332 valence electrons. The van der Waals surface area contributed by atoms with Gasteiger partial charge in [-0.15, -0.1) is 0 Å². The summed E-state index contributed by atoms with van der Waals surface area (Å²) >= 11 is 0. The number of amides is 4. The largest absolute Gasteiger partial charge is 0.453 e. The quantitative estimate of drug-likeness (QED) is 0.0999. The van der Waals surface area contributed by atoms with Crippen molar-refractivity contribution in [1.82, 2.24) is 40.4 Å². The number of alkyl carbamates (subject to hydrolysis) is 2. The zero-order chi connectivity index (χ0) is 44.8. The predicted molar refractivity (Wildman–Crippen MR) is 245 cm³/mol. The van der Waals surface area contributed by atoms with Crippen LogP contribution in [0, 0.1) is 17.8 Å². The third-order valence-corrected chi connectivity index (χ3v) is 13.6. The van der Waals surface area contributed by atoms with Crippen LogP contribution in [0.1, 0.15) is 83.5 Å². The first-order valence-corrected chi connectivity index (χ1v) is 22.4. The van der Waals surface area contributed by atoms with Crippen LogP contribution < -0.4 is 10.6 Å². The van der Waals surface area contributed by atoms with Crippen LogP contribution in [0.15, 0.2) is 85.2 Å². The number of hydrogen-bond donors (Lipinski definition) is 4. The van der Waals surface area contributed by atoms with Crippen LogP contribution in [0.3, 0.4) is 0 Å². The SMILES string of the molecule is COC(=O)N[C@H](C(=O)N1CCC[C@H]1c1ncc(-c2ccc3cc(-c4ccc5cc(-c6cnc([C@@H]7[C@@H]8CC[C@H](C8)N7C(=O)[C@@H](NC(=O)OC)C(C)C)[nH]6)ccc5c4)ccc3c2)[nH]1)C(C)C. The molecule has 2 aromatic heterocycles. The Morgan fingerprint density at radius 3 is 1.66 bits per heavy atom. The Balaban J connectivity index is 0.897. The molecule has 2 bridgehead atoms. The zero-order valence-electron chi connectivity index (χ0n) is 37.2. The third-order valence-electron chi connectivity index (χ3n) is 13.6. The van der Waals surface area contributed by atoms with Gasteiger partial charge in [-0.2, -0.15) is 0 Å². The average Bonchev–Trinajstić information content (AvgIpc) is 4.17. The molecule has 3 aliphatic rings. The van der Waals surface area contributed by atoms with Gasteiger partial charge in [0.15, 0.2) is 0 Å². The first kappa shape index (κ1) is 42.6. The lowest BCUT2D eigenvalue weighted by atomic mass is 9.95. The second-order valence-electron chi connectivity index (χ2n) is 18.2. The van der Waals surface area contributed by atoms with Crippen molar-refractivity contribution in [2.75, 3.05) is 20.8 Å². The Bertz CT molecular complexity index is 2740. The van der Waals surface area contributed by atoms with Crippen LogP contribution in [0.2, 0.25) is 0 Å². The van der Waals surface area contributed by atoms with Crippen LogP contribution in [0.25, 0.3) is 55.2 Å². The molecule has 2 aliphatic heterocycles. The number of nitrogens with one attached hydrogen (secondary N) is 4. The number of H-pyrrole nitrogens is 2. The Morgan fingerprint density at radius 2 is 1.12 bits per heavy atom. The number of ether oxygens (including phenoxy) is 2. The molecule has 1 aliphatic carbocycles. The van der Waals surface area contributed by atoms with Gasteiger partial charge in [-0.1, -0.05) is 76.2 Å². The molecule has 9 rings (SSSR count). The molecule has 4 amide bonds. The highest BCUT2D eigenvalue weighted by molar-refractivity contribution is 5.94. The van der Waals surface area contributed by atoms with E-state index in [1.54, 1.807) is 0 Å².